The number of rotatable bonds is 4. The van der Waals surface area contributed by atoms with E-state index < -0.39 is 0 Å². The van der Waals surface area contributed by atoms with Gasteiger partial charge in [0, 0.05) is 8.59 Å². The summed E-state index contributed by atoms with van der Waals surface area (Å²) in [7, 11) is 0. The lowest BCUT2D eigenvalue weighted by molar-refractivity contribution is 0.603. The third kappa shape index (κ3) is 3.64. The third-order valence-corrected chi connectivity index (χ3v) is 4.87. The smallest absolute Gasteiger partial charge is 0.123 e. The van der Waals surface area contributed by atoms with Crippen molar-refractivity contribution in [2.45, 2.75) is 13.0 Å². The Morgan fingerprint density at radius 3 is 2.55 bits per heavy atom. The molecule has 2 aromatic carbocycles. The van der Waals surface area contributed by atoms with Crippen LogP contribution in [0.5, 0.6) is 0 Å². The molecule has 1 nitrogen and oxygen atoms in total. The van der Waals surface area contributed by atoms with Gasteiger partial charge in [-0.3, -0.25) is 0 Å². The highest BCUT2D eigenvalue weighted by molar-refractivity contribution is 14.1. The van der Waals surface area contributed by atoms with Crippen molar-refractivity contribution in [2.75, 3.05) is 6.54 Å². The first-order valence-electron chi connectivity index (χ1n) is 6.16. The van der Waals surface area contributed by atoms with E-state index in [1.165, 1.54) is 12.1 Å². The fourth-order valence-electron chi connectivity index (χ4n) is 2.04. The largest absolute Gasteiger partial charge is 0.306 e. The summed E-state index contributed by atoms with van der Waals surface area (Å²) in [6.45, 7) is 2.73. The van der Waals surface area contributed by atoms with E-state index in [1.54, 1.807) is 6.07 Å². The van der Waals surface area contributed by atoms with Crippen molar-refractivity contribution in [3.05, 3.63) is 67.0 Å². The van der Waals surface area contributed by atoms with Crippen LogP contribution in [0.15, 0.2) is 36.4 Å². The van der Waals surface area contributed by atoms with Crippen LogP contribution < -0.4 is 5.32 Å². The first-order valence-corrected chi connectivity index (χ1v) is 7.99. The monoisotopic (exact) mass is 423 g/mol. The molecule has 0 aliphatic heterocycles. The van der Waals surface area contributed by atoms with Crippen LogP contribution in [0.4, 0.5) is 4.39 Å². The quantitative estimate of drug-likeness (QED) is 0.646. The van der Waals surface area contributed by atoms with Gasteiger partial charge in [0.1, 0.15) is 5.82 Å². The Morgan fingerprint density at radius 1 is 1.15 bits per heavy atom. The SMILES string of the molecule is CCNC(c1ccc(I)c(Cl)c1)c1cc(F)ccc1Cl. The summed E-state index contributed by atoms with van der Waals surface area (Å²) in [5.74, 6) is -0.302. The van der Waals surface area contributed by atoms with E-state index in [9.17, 15) is 4.39 Å². The Morgan fingerprint density at radius 2 is 1.90 bits per heavy atom. The molecule has 0 amide bonds. The number of hydrogen-bond acceptors (Lipinski definition) is 1. The molecule has 0 bridgehead atoms. The number of nitrogens with one attached hydrogen (secondary N) is 1. The summed E-state index contributed by atoms with van der Waals surface area (Å²) < 4.78 is 14.5. The van der Waals surface area contributed by atoms with E-state index in [-0.39, 0.29) is 11.9 Å². The molecule has 0 radical (unpaired) electrons. The second kappa shape index (κ2) is 7.07. The van der Waals surface area contributed by atoms with Crippen molar-refractivity contribution < 1.29 is 4.39 Å². The van der Waals surface area contributed by atoms with Gasteiger partial charge in [-0.2, -0.15) is 0 Å². The van der Waals surface area contributed by atoms with Gasteiger partial charge in [-0.25, -0.2) is 4.39 Å². The van der Waals surface area contributed by atoms with Gasteiger partial charge >= 0.3 is 0 Å². The number of halogens is 4. The minimum absolute atomic E-state index is 0.183. The van der Waals surface area contributed by atoms with Crippen LogP contribution in [-0.2, 0) is 0 Å². The summed E-state index contributed by atoms with van der Waals surface area (Å²) >= 11 is 14.6. The molecular formula is C15H13Cl2FIN. The maximum absolute atomic E-state index is 13.5. The van der Waals surface area contributed by atoms with Gasteiger partial charge in [-0.05, 0) is 70.6 Å². The van der Waals surface area contributed by atoms with Gasteiger partial charge in [0.15, 0.2) is 0 Å². The highest BCUT2D eigenvalue weighted by atomic mass is 127. The molecule has 0 fully saturated rings. The van der Waals surface area contributed by atoms with Crippen molar-refractivity contribution >= 4 is 45.8 Å². The van der Waals surface area contributed by atoms with Gasteiger partial charge in [-0.15, -0.1) is 0 Å². The maximum Gasteiger partial charge on any atom is 0.123 e. The zero-order chi connectivity index (χ0) is 14.7. The second-order valence-electron chi connectivity index (χ2n) is 4.33. The molecule has 0 saturated heterocycles. The molecule has 20 heavy (non-hydrogen) atoms. The zero-order valence-electron chi connectivity index (χ0n) is 10.8. The van der Waals surface area contributed by atoms with Crippen LogP contribution >= 0.6 is 45.8 Å². The second-order valence-corrected chi connectivity index (χ2v) is 6.31. The third-order valence-electron chi connectivity index (χ3n) is 2.95. The van der Waals surface area contributed by atoms with Crippen LogP contribution in [0.3, 0.4) is 0 Å². The molecule has 1 N–H and O–H groups in total. The molecule has 1 unspecified atom stereocenters. The molecule has 0 saturated carbocycles. The van der Waals surface area contributed by atoms with Gasteiger partial charge in [0.05, 0.1) is 11.1 Å². The van der Waals surface area contributed by atoms with E-state index in [4.69, 9.17) is 23.2 Å². The molecule has 2 aromatic rings. The average Bonchev–Trinajstić information content (AvgIpc) is 2.42. The molecule has 0 aromatic heterocycles. The van der Waals surface area contributed by atoms with Crippen molar-refractivity contribution in [3.63, 3.8) is 0 Å². The summed E-state index contributed by atoms with van der Waals surface area (Å²) in [5.41, 5.74) is 1.68. The van der Waals surface area contributed by atoms with Crippen LogP contribution in [0.1, 0.15) is 24.1 Å². The Hall–Kier alpha value is -0.360. The lowest BCUT2D eigenvalue weighted by Gasteiger charge is -2.20. The number of benzene rings is 2. The van der Waals surface area contributed by atoms with Crippen molar-refractivity contribution in [1.29, 1.82) is 0 Å². The van der Waals surface area contributed by atoms with Gasteiger partial charge in [-0.1, -0.05) is 36.2 Å². The predicted octanol–water partition coefficient (Wildman–Crippen LogP) is 5.44. The van der Waals surface area contributed by atoms with Gasteiger partial charge < -0.3 is 5.32 Å². The van der Waals surface area contributed by atoms with Gasteiger partial charge in [0.2, 0.25) is 0 Å². The van der Waals surface area contributed by atoms with Crippen LogP contribution in [0.25, 0.3) is 0 Å². The first-order chi connectivity index (χ1) is 9.52. The van der Waals surface area contributed by atoms with E-state index in [2.05, 4.69) is 27.9 Å². The lowest BCUT2D eigenvalue weighted by atomic mass is 9.98. The molecule has 0 spiro atoms. The first kappa shape index (κ1) is 16.0. The Kier molecular flexibility index (Phi) is 5.66. The molecule has 1 atom stereocenters. The van der Waals surface area contributed by atoms with Crippen LogP contribution in [0, 0.1) is 9.39 Å². The molecule has 0 aliphatic rings. The summed E-state index contributed by atoms with van der Waals surface area (Å²) in [4.78, 5) is 0. The van der Waals surface area contributed by atoms with Crippen molar-refractivity contribution in [2.24, 2.45) is 0 Å². The fourth-order valence-corrected chi connectivity index (χ4v) is 2.79. The molecule has 0 aliphatic carbocycles. The molecule has 5 heteroatoms. The van der Waals surface area contributed by atoms with Gasteiger partial charge in [0.25, 0.3) is 0 Å². The van der Waals surface area contributed by atoms with Crippen molar-refractivity contribution in [3.8, 4) is 0 Å². The zero-order valence-corrected chi connectivity index (χ0v) is 14.4. The predicted molar refractivity (Wildman–Crippen MR) is 91.1 cm³/mol. The molecule has 0 heterocycles. The fraction of sp³-hybridized carbons (Fsp3) is 0.200. The van der Waals surface area contributed by atoms with E-state index in [1.807, 2.05) is 25.1 Å². The average molecular weight is 424 g/mol. The normalized spacial score (nSPS) is 12.4. The summed E-state index contributed by atoms with van der Waals surface area (Å²) in [5, 5.41) is 4.53. The van der Waals surface area contributed by atoms with E-state index >= 15 is 0 Å². The molecule has 2 rings (SSSR count). The topological polar surface area (TPSA) is 12.0 Å². The lowest BCUT2D eigenvalue weighted by Crippen LogP contribution is -2.22. The molecule has 106 valence electrons. The maximum atomic E-state index is 13.5. The highest BCUT2D eigenvalue weighted by Crippen LogP contribution is 2.31. The summed E-state index contributed by atoms with van der Waals surface area (Å²) in [6, 6.07) is 10.0. The molecular weight excluding hydrogens is 411 g/mol. The Bertz CT molecular complexity index is 619. The van der Waals surface area contributed by atoms with Crippen LogP contribution in [0.2, 0.25) is 10.0 Å². The number of hydrogen-bond donors (Lipinski definition) is 1. The minimum atomic E-state index is -0.302. The summed E-state index contributed by atoms with van der Waals surface area (Å²) in [6.07, 6.45) is 0. The Balaban J connectivity index is 2.49. The minimum Gasteiger partial charge on any atom is -0.306 e. The van der Waals surface area contributed by atoms with E-state index in [0.717, 1.165) is 15.7 Å². The highest BCUT2D eigenvalue weighted by Gasteiger charge is 2.17. The standard InChI is InChI=1S/C15H13Cl2FIN/c1-2-20-15(9-3-6-14(19)13(17)7-9)11-8-10(18)4-5-12(11)16/h3-8,15,20H,2H2,1H3. The van der Waals surface area contributed by atoms with E-state index in [0.29, 0.717) is 15.6 Å². The van der Waals surface area contributed by atoms with Crippen molar-refractivity contribution in [1.82, 2.24) is 5.32 Å². The Labute approximate surface area is 141 Å². The van der Waals surface area contributed by atoms with Crippen LogP contribution in [-0.4, -0.2) is 6.54 Å².